The summed E-state index contributed by atoms with van der Waals surface area (Å²) in [5.74, 6) is 0.873. The molecule has 0 bridgehead atoms. The molecule has 1 amide bonds. The van der Waals surface area contributed by atoms with Gasteiger partial charge in [0.25, 0.3) is 0 Å². The van der Waals surface area contributed by atoms with E-state index in [1.165, 1.54) is 0 Å². The van der Waals surface area contributed by atoms with Gasteiger partial charge in [-0.2, -0.15) is 11.8 Å². The molecule has 1 heterocycles. The Morgan fingerprint density at radius 1 is 1.41 bits per heavy atom. The van der Waals surface area contributed by atoms with E-state index in [0.717, 1.165) is 45.0 Å². The van der Waals surface area contributed by atoms with E-state index in [9.17, 15) is 4.79 Å². The van der Waals surface area contributed by atoms with E-state index in [-0.39, 0.29) is 6.09 Å². The second-order valence-electron chi connectivity index (χ2n) is 5.37. The van der Waals surface area contributed by atoms with Crippen LogP contribution in [0.4, 0.5) is 4.79 Å². The van der Waals surface area contributed by atoms with Gasteiger partial charge in [-0.05, 0) is 32.9 Å². The van der Waals surface area contributed by atoms with Crippen LogP contribution in [0.3, 0.4) is 0 Å². The molecule has 1 unspecified atom stereocenters. The molecule has 0 aliphatic carbocycles. The Morgan fingerprint density at radius 3 is 2.64 bits per heavy atom. The van der Waals surface area contributed by atoms with Crippen LogP contribution in [0.15, 0.2) is 4.99 Å². The average molecular weight is 330 g/mol. The summed E-state index contributed by atoms with van der Waals surface area (Å²) in [4.78, 5) is 18.1. The lowest BCUT2D eigenvalue weighted by Gasteiger charge is -2.32. The van der Waals surface area contributed by atoms with E-state index in [1.807, 2.05) is 18.7 Å². The molecular formula is C15H30N4O2S. The zero-order valence-electron chi connectivity index (χ0n) is 14.2. The van der Waals surface area contributed by atoms with Crippen molar-refractivity contribution in [1.29, 1.82) is 0 Å². The highest BCUT2D eigenvalue weighted by molar-refractivity contribution is 7.99. The van der Waals surface area contributed by atoms with Crippen molar-refractivity contribution in [2.45, 2.75) is 44.9 Å². The maximum absolute atomic E-state index is 11.7. The Kier molecular flexibility index (Phi) is 9.11. The fourth-order valence-corrected chi connectivity index (χ4v) is 2.45. The number of guanidine groups is 1. The van der Waals surface area contributed by atoms with Gasteiger partial charge >= 0.3 is 6.09 Å². The maximum Gasteiger partial charge on any atom is 0.409 e. The molecule has 0 saturated carbocycles. The molecule has 1 aliphatic rings. The molecule has 0 aromatic carbocycles. The van der Waals surface area contributed by atoms with Crippen molar-refractivity contribution in [3.8, 4) is 0 Å². The topological polar surface area (TPSA) is 66.0 Å². The van der Waals surface area contributed by atoms with E-state index >= 15 is 0 Å². The molecular weight excluding hydrogens is 300 g/mol. The van der Waals surface area contributed by atoms with Crippen LogP contribution in [-0.4, -0.2) is 67.3 Å². The Morgan fingerprint density at radius 2 is 2.09 bits per heavy atom. The van der Waals surface area contributed by atoms with E-state index in [1.54, 1.807) is 4.90 Å². The van der Waals surface area contributed by atoms with Crippen molar-refractivity contribution < 1.29 is 9.53 Å². The van der Waals surface area contributed by atoms with Gasteiger partial charge in [-0.15, -0.1) is 0 Å². The average Bonchev–Trinajstić information content (AvgIpc) is 2.53. The molecule has 128 valence electrons. The summed E-state index contributed by atoms with van der Waals surface area (Å²) in [7, 11) is 0. The Labute approximate surface area is 138 Å². The van der Waals surface area contributed by atoms with Crippen molar-refractivity contribution in [3.05, 3.63) is 0 Å². The van der Waals surface area contributed by atoms with Gasteiger partial charge in [0.2, 0.25) is 0 Å². The first kappa shape index (κ1) is 18.9. The lowest BCUT2D eigenvalue weighted by atomic mass is 10.1. The number of thioether (sulfide) groups is 1. The van der Waals surface area contributed by atoms with Gasteiger partial charge < -0.3 is 20.3 Å². The summed E-state index contributed by atoms with van der Waals surface area (Å²) >= 11 is 1.82. The van der Waals surface area contributed by atoms with Gasteiger partial charge in [0, 0.05) is 30.9 Å². The summed E-state index contributed by atoms with van der Waals surface area (Å²) in [6.45, 7) is 9.63. The van der Waals surface area contributed by atoms with E-state index in [2.05, 4.69) is 35.7 Å². The number of carbonyl (C=O) groups excluding carboxylic acids is 1. The summed E-state index contributed by atoms with van der Waals surface area (Å²) < 4.78 is 5.04. The monoisotopic (exact) mass is 330 g/mol. The third-order valence-corrected chi connectivity index (χ3v) is 4.57. The number of rotatable bonds is 6. The van der Waals surface area contributed by atoms with Crippen LogP contribution in [0.2, 0.25) is 0 Å². The van der Waals surface area contributed by atoms with Crippen molar-refractivity contribution in [2.24, 2.45) is 4.99 Å². The van der Waals surface area contributed by atoms with Crippen molar-refractivity contribution in [3.63, 3.8) is 0 Å². The number of hydrogen-bond acceptors (Lipinski definition) is 4. The molecule has 7 heteroatoms. The molecule has 1 fully saturated rings. The van der Waals surface area contributed by atoms with Gasteiger partial charge in [0.1, 0.15) is 0 Å². The number of hydrogen-bond donors (Lipinski definition) is 2. The molecule has 1 aliphatic heterocycles. The zero-order valence-corrected chi connectivity index (χ0v) is 15.0. The van der Waals surface area contributed by atoms with Crippen molar-refractivity contribution in [2.75, 3.05) is 39.0 Å². The highest BCUT2D eigenvalue weighted by Crippen LogP contribution is 2.11. The Bertz CT molecular complexity index is 357. The largest absolute Gasteiger partial charge is 0.450 e. The van der Waals surface area contributed by atoms with Gasteiger partial charge in [0.05, 0.1) is 13.2 Å². The van der Waals surface area contributed by atoms with E-state index < -0.39 is 0 Å². The number of carbonyl (C=O) groups is 1. The maximum atomic E-state index is 11.7. The lowest BCUT2D eigenvalue weighted by molar-refractivity contribution is 0.0963. The minimum absolute atomic E-state index is 0.199. The normalized spacial score (nSPS) is 18.0. The summed E-state index contributed by atoms with van der Waals surface area (Å²) in [5, 5.41) is 7.28. The predicted molar refractivity (Wildman–Crippen MR) is 93.7 cm³/mol. The van der Waals surface area contributed by atoms with Crippen molar-refractivity contribution in [1.82, 2.24) is 15.5 Å². The fraction of sp³-hybridized carbons (Fsp3) is 0.867. The molecule has 0 radical (unpaired) electrons. The van der Waals surface area contributed by atoms with Crippen LogP contribution in [-0.2, 0) is 4.74 Å². The molecule has 1 saturated heterocycles. The summed E-state index contributed by atoms with van der Waals surface area (Å²) in [5.41, 5.74) is 0. The molecule has 0 aromatic heterocycles. The van der Waals surface area contributed by atoms with Crippen LogP contribution in [0.5, 0.6) is 0 Å². The van der Waals surface area contributed by atoms with E-state index in [4.69, 9.17) is 4.74 Å². The number of aliphatic imine (C=N–C) groups is 1. The number of likely N-dealkylation sites (tertiary alicyclic amines) is 1. The highest BCUT2D eigenvalue weighted by Gasteiger charge is 2.24. The molecule has 0 spiro atoms. The number of ether oxygens (including phenoxy) is 1. The number of nitrogens with zero attached hydrogens (tertiary/aromatic N) is 2. The number of piperidine rings is 1. The molecule has 22 heavy (non-hydrogen) atoms. The fourth-order valence-electron chi connectivity index (χ4n) is 2.23. The highest BCUT2D eigenvalue weighted by atomic mass is 32.2. The molecule has 2 N–H and O–H groups in total. The Balaban J connectivity index is 2.43. The van der Waals surface area contributed by atoms with Gasteiger partial charge in [-0.1, -0.05) is 6.92 Å². The third-order valence-electron chi connectivity index (χ3n) is 3.61. The molecule has 0 aromatic rings. The smallest absolute Gasteiger partial charge is 0.409 e. The number of nitrogens with one attached hydrogen (secondary N) is 2. The third kappa shape index (κ3) is 6.77. The first-order chi connectivity index (χ1) is 10.6. The molecule has 1 rings (SSSR count). The minimum atomic E-state index is -0.199. The van der Waals surface area contributed by atoms with E-state index in [0.29, 0.717) is 17.9 Å². The standard InChI is InChI=1S/C15H30N4O2S/c1-5-16-14(17-11-12(3)22-4)18-13-7-9-19(10-8-13)15(20)21-6-2/h12-13H,5-11H2,1-4H3,(H2,16,17,18). The second kappa shape index (κ2) is 10.6. The minimum Gasteiger partial charge on any atom is -0.450 e. The zero-order chi connectivity index (χ0) is 16.4. The van der Waals surface area contributed by atoms with Crippen LogP contribution in [0.25, 0.3) is 0 Å². The lowest BCUT2D eigenvalue weighted by Crippen LogP contribution is -2.50. The number of amides is 1. The SMILES string of the molecule is CCNC(=NCC(C)SC)NC1CCN(C(=O)OCC)CC1. The van der Waals surface area contributed by atoms with Gasteiger partial charge in [0.15, 0.2) is 5.96 Å². The van der Waals surface area contributed by atoms with Gasteiger partial charge in [-0.25, -0.2) is 4.79 Å². The first-order valence-corrected chi connectivity index (χ1v) is 9.38. The summed E-state index contributed by atoms with van der Waals surface area (Å²) in [6.07, 6.45) is 3.74. The molecule has 6 nitrogen and oxygen atoms in total. The van der Waals surface area contributed by atoms with Crippen LogP contribution >= 0.6 is 11.8 Å². The molecule has 1 atom stereocenters. The summed E-state index contributed by atoms with van der Waals surface area (Å²) in [6, 6.07) is 0.355. The van der Waals surface area contributed by atoms with Gasteiger partial charge in [-0.3, -0.25) is 4.99 Å². The quantitative estimate of drug-likeness (QED) is 0.575. The Hall–Kier alpha value is -1.11. The van der Waals surface area contributed by atoms with Crippen LogP contribution in [0, 0.1) is 0 Å². The van der Waals surface area contributed by atoms with Crippen LogP contribution in [0.1, 0.15) is 33.6 Å². The van der Waals surface area contributed by atoms with Crippen molar-refractivity contribution >= 4 is 23.8 Å². The second-order valence-corrected chi connectivity index (χ2v) is 6.65. The predicted octanol–water partition coefficient (Wildman–Crippen LogP) is 1.91. The van der Waals surface area contributed by atoms with Crippen LogP contribution < -0.4 is 10.6 Å². The first-order valence-electron chi connectivity index (χ1n) is 8.10.